The van der Waals surface area contributed by atoms with Crippen molar-refractivity contribution in [2.75, 3.05) is 33.2 Å². The van der Waals surface area contributed by atoms with Gasteiger partial charge in [0.1, 0.15) is 5.82 Å². The SMILES string of the molecule is CN1CCN(Cc2nnc(S)n2Cc2ccc([N+](=O)[O-])cc2)CC1. The maximum atomic E-state index is 10.7. The van der Waals surface area contributed by atoms with Gasteiger partial charge in [0.2, 0.25) is 0 Å². The summed E-state index contributed by atoms with van der Waals surface area (Å²) < 4.78 is 1.95. The predicted octanol–water partition coefficient (Wildman–Crippen LogP) is 1.27. The van der Waals surface area contributed by atoms with Crippen molar-refractivity contribution in [3.63, 3.8) is 0 Å². The van der Waals surface area contributed by atoms with Crippen LogP contribution in [0.4, 0.5) is 5.69 Å². The van der Waals surface area contributed by atoms with Crippen LogP contribution in [-0.2, 0) is 13.1 Å². The zero-order valence-corrected chi connectivity index (χ0v) is 14.4. The minimum atomic E-state index is -0.397. The Bertz CT molecular complexity index is 709. The third-order valence-corrected chi connectivity index (χ3v) is 4.59. The van der Waals surface area contributed by atoms with Crippen LogP contribution >= 0.6 is 12.6 Å². The van der Waals surface area contributed by atoms with Gasteiger partial charge in [-0.15, -0.1) is 22.8 Å². The van der Waals surface area contributed by atoms with Crippen molar-refractivity contribution in [3.8, 4) is 0 Å². The van der Waals surface area contributed by atoms with Gasteiger partial charge in [-0.3, -0.25) is 15.0 Å². The Morgan fingerprint density at radius 2 is 1.79 bits per heavy atom. The highest BCUT2D eigenvalue weighted by Gasteiger charge is 2.18. The van der Waals surface area contributed by atoms with Crippen molar-refractivity contribution in [2.45, 2.75) is 18.2 Å². The molecule has 9 heteroatoms. The molecule has 2 aromatic rings. The number of hydrogen-bond donors (Lipinski definition) is 1. The van der Waals surface area contributed by atoms with Gasteiger partial charge in [-0.25, -0.2) is 0 Å². The molecule has 1 aliphatic heterocycles. The van der Waals surface area contributed by atoms with E-state index in [0.29, 0.717) is 11.7 Å². The second-order valence-electron chi connectivity index (χ2n) is 6.01. The number of nitro benzene ring substituents is 1. The van der Waals surface area contributed by atoms with Crippen LogP contribution in [0.3, 0.4) is 0 Å². The molecule has 0 aliphatic carbocycles. The van der Waals surface area contributed by atoms with Crippen LogP contribution in [0, 0.1) is 10.1 Å². The lowest BCUT2D eigenvalue weighted by Gasteiger charge is -2.31. The van der Waals surface area contributed by atoms with Crippen LogP contribution in [0.25, 0.3) is 0 Å². The topological polar surface area (TPSA) is 80.3 Å². The Morgan fingerprint density at radius 1 is 1.12 bits per heavy atom. The average molecular weight is 348 g/mol. The van der Waals surface area contributed by atoms with Crippen LogP contribution in [0.2, 0.25) is 0 Å². The number of rotatable bonds is 5. The minimum Gasteiger partial charge on any atom is -0.304 e. The second-order valence-corrected chi connectivity index (χ2v) is 6.41. The fourth-order valence-corrected chi connectivity index (χ4v) is 2.95. The summed E-state index contributed by atoms with van der Waals surface area (Å²) in [4.78, 5) is 15.0. The second kappa shape index (κ2) is 7.29. The molecule has 0 radical (unpaired) electrons. The van der Waals surface area contributed by atoms with Crippen LogP contribution < -0.4 is 0 Å². The molecule has 24 heavy (non-hydrogen) atoms. The highest BCUT2D eigenvalue weighted by molar-refractivity contribution is 7.80. The van der Waals surface area contributed by atoms with E-state index in [1.165, 1.54) is 12.1 Å². The minimum absolute atomic E-state index is 0.0891. The van der Waals surface area contributed by atoms with Crippen LogP contribution in [0.1, 0.15) is 11.4 Å². The summed E-state index contributed by atoms with van der Waals surface area (Å²) >= 11 is 4.39. The molecule has 0 amide bonds. The Balaban J connectivity index is 1.71. The quantitative estimate of drug-likeness (QED) is 0.498. The monoisotopic (exact) mass is 348 g/mol. The van der Waals surface area contributed by atoms with Gasteiger partial charge < -0.3 is 9.47 Å². The number of benzene rings is 1. The summed E-state index contributed by atoms with van der Waals surface area (Å²) in [5, 5.41) is 19.6. The van der Waals surface area contributed by atoms with Crippen molar-refractivity contribution in [1.29, 1.82) is 0 Å². The zero-order valence-electron chi connectivity index (χ0n) is 13.5. The Labute approximate surface area is 145 Å². The molecule has 1 aromatic carbocycles. The summed E-state index contributed by atoms with van der Waals surface area (Å²) in [6, 6.07) is 6.53. The van der Waals surface area contributed by atoms with Gasteiger partial charge in [0.05, 0.1) is 18.0 Å². The van der Waals surface area contributed by atoms with Gasteiger partial charge in [-0.05, 0) is 12.6 Å². The molecule has 1 fully saturated rings. The molecule has 0 bridgehead atoms. The maximum Gasteiger partial charge on any atom is 0.269 e. The van der Waals surface area contributed by atoms with E-state index >= 15 is 0 Å². The third-order valence-electron chi connectivity index (χ3n) is 4.26. The molecule has 8 nitrogen and oxygen atoms in total. The van der Waals surface area contributed by atoms with Crippen molar-refractivity contribution < 1.29 is 4.92 Å². The molecule has 2 heterocycles. The first-order chi connectivity index (χ1) is 11.5. The molecule has 3 rings (SSSR count). The van der Waals surface area contributed by atoms with Crippen molar-refractivity contribution in [3.05, 3.63) is 45.8 Å². The highest BCUT2D eigenvalue weighted by atomic mass is 32.1. The predicted molar refractivity (Wildman–Crippen MR) is 92.2 cm³/mol. The van der Waals surface area contributed by atoms with Gasteiger partial charge in [0.15, 0.2) is 5.16 Å². The van der Waals surface area contributed by atoms with E-state index in [1.54, 1.807) is 12.1 Å². The molecule has 0 N–H and O–H groups in total. The number of piperazine rings is 1. The van der Waals surface area contributed by atoms with Crippen molar-refractivity contribution in [1.82, 2.24) is 24.6 Å². The number of hydrogen-bond acceptors (Lipinski definition) is 7. The molecular formula is C15H20N6O2S. The van der Waals surface area contributed by atoms with Gasteiger partial charge in [-0.1, -0.05) is 12.1 Å². The van der Waals surface area contributed by atoms with Gasteiger partial charge >= 0.3 is 0 Å². The Hall–Kier alpha value is -1.97. The molecule has 1 aliphatic rings. The number of aromatic nitrogens is 3. The van der Waals surface area contributed by atoms with E-state index in [4.69, 9.17) is 0 Å². The van der Waals surface area contributed by atoms with Crippen LogP contribution in [0.5, 0.6) is 0 Å². The smallest absolute Gasteiger partial charge is 0.269 e. The molecular weight excluding hydrogens is 328 g/mol. The molecule has 0 unspecified atom stereocenters. The first-order valence-corrected chi connectivity index (χ1v) is 8.23. The third kappa shape index (κ3) is 3.92. The van der Waals surface area contributed by atoms with Crippen LogP contribution in [-0.4, -0.2) is 62.7 Å². The lowest BCUT2D eigenvalue weighted by Crippen LogP contribution is -2.44. The van der Waals surface area contributed by atoms with E-state index < -0.39 is 4.92 Å². The van der Waals surface area contributed by atoms with E-state index in [9.17, 15) is 10.1 Å². The maximum absolute atomic E-state index is 10.7. The summed E-state index contributed by atoms with van der Waals surface area (Å²) in [5.41, 5.74) is 1.04. The first-order valence-electron chi connectivity index (χ1n) is 7.78. The first kappa shape index (κ1) is 16.9. The lowest BCUT2D eigenvalue weighted by atomic mass is 10.2. The fourth-order valence-electron chi connectivity index (χ4n) is 2.72. The molecule has 128 valence electrons. The summed E-state index contributed by atoms with van der Waals surface area (Å²) in [6.07, 6.45) is 0. The van der Waals surface area contributed by atoms with Gasteiger partial charge in [0, 0.05) is 38.3 Å². The van der Waals surface area contributed by atoms with E-state index in [-0.39, 0.29) is 5.69 Å². The molecule has 0 spiro atoms. The zero-order chi connectivity index (χ0) is 17.1. The van der Waals surface area contributed by atoms with E-state index in [2.05, 4.69) is 39.7 Å². The molecule has 0 saturated carbocycles. The van der Waals surface area contributed by atoms with Gasteiger partial charge in [0.25, 0.3) is 5.69 Å². The summed E-state index contributed by atoms with van der Waals surface area (Å²) in [6.45, 7) is 5.38. The number of non-ortho nitro benzene ring substituents is 1. The summed E-state index contributed by atoms with van der Waals surface area (Å²) in [5.74, 6) is 0.864. The normalized spacial score (nSPS) is 16.4. The summed E-state index contributed by atoms with van der Waals surface area (Å²) in [7, 11) is 2.13. The number of nitrogens with zero attached hydrogens (tertiary/aromatic N) is 6. The Morgan fingerprint density at radius 3 is 2.42 bits per heavy atom. The number of thiol groups is 1. The lowest BCUT2D eigenvalue weighted by molar-refractivity contribution is -0.384. The number of nitro groups is 1. The fraction of sp³-hybridized carbons (Fsp3) is 0.467. The van der Waals surface area contributed by atoms with E-state index in [1.807, 2.05) is 4.57 Å². The highest BCUT2D eigenvalue weighted by Crippen LogP contribution is 2.16. The average Bonchev–Trinajstić information content (AvgIpc) is 2.91. The largest absolute Gasteiger partial charge is 0.304 e. The Kier molecular flexibility index (Phi) is 5.12. The molecule has 0 atom stereocenters. The van der Waals surface area contributed by atoms with Gasteiger partial charge in [-0.2, -0.15) is 0 Å². The van der Waals surface area contributed by atoms with Crippen molar-refractivity contribution in [2.24, 2.45) is 0 Å². The number of likely N-dealkylation sites (N-methyl/N-ethyl adjacent to an activating group) is 1. The van der Waals surface area contributed by atoms with E-state index in [0.717, 1.165) is 44.1 Å². The molecule has 1 saturated heterocycles. The van der Waals surface area contributed by atoms with Crippen LogP contribution in [0.15, 0.2) is 29.4 Å². The molecule has 1 aromatic heterocycles. The standard InChI is InChI=1S/C15H20N6O2S/c1-18-6-8-19(9-7-18)11-14-16-17-15(24)20(14)10-12-2-4-13(5-3-12)21(22)23/h2-5H,6-11H2,1H3,(H,17,24). The van der Waals surface area contributed by atoms with Crippen molar-refractivity contribution >= 4 is 18.3 Å².